The second-order valence-electron chi connectivity index (χ2n) is 2.79. The molecule has 0 aliphatic rings. The van der Waals surface area contributed by atoms with E-state index >= 15 is 0 Å². The molecule has 6 heteroatoms. The molecule has 1 aromatic rings. The van der Waals surface area contributed by atoms with Crippen LogP contribution in [0.15, 0.2) is 0 Å². The summed E-state index contributed by atoms with van der Waals surface area (Å²) >= 11 is 0. The standard InChI is InChI=1S/C7H13N5O/c1-4-6(9)7(12(2)11-4)10-3-5(8)13/h10H,3,9H2,1-2H3,(H2,8,13). The van der Waals surface area contributed by atoms with Gasteiger partial charge in [0.25, 0.3) is 0 Å². The van der Waals surface area contributed by atoms with E-state index in [1.54, 1.807) is 18.7 Å². The molecular formula is C7H13N5O. The second-order valence-corrected chi connectivity index (χ2v) is 2.79. The van der Waals surface area contributed by atoms with Crippen LogP contribution in [0.4, 0.5) is 11.5 Å². The average molecular weight is 183 g/mol. The molecule has 0 unspecified atom stereocenters. The summed E-state index contributed by atoms with van der Waals surface area (Å²) in [6.07, 6.45) is 0. The number of carbonyl (C=O) groups is 1. The third kappa shape index (κ3) is 1.90. The summed E-state index contributed by atoms with van der Waals surface area (Å²) in [4.78, 5) is 10.5. The predicted octanol–water partition coefficient (Wildman–Crippen LogP) is -0.792. The largest absolute Gasteiger partial charge is 0.394 e. The second kappa shape index (κ2) is 3.34. The van der Waals surface area contributed by atoms with Gasteiger partial charge in [-0.25, -0.2) is 0 Å². The number of aryl methyl sites for hydroxylation is 2. The van der Waals surface area contributed by atoms with Gasteiger partial charge in [-0.2, -0.15) is 5.10 Å². The summed E-state index contributed by atoms with van der Waals surface area (Å²) in [5.41, 5.74) is 11.9. The molecule has 0 atom stereocenters. The first-order valence-electron chi connectivity index (χ1n) is 3.83. The predicted molar refractivity (Wildman–Crippen MR) is 50.0 cm³/mol. The minimum atomic E-state index is -0.432. The van der Waals surface area contributed by atoms with Crippen molar-refractivity contribution in [2.45, 2.75) is 6.92 Å². The summed E-state index contributed by atoms with van der Waals surface area (Å²) in [6, 6.07) is 0. The van der Waals surface area contributed by atoms with Crippen molar-refractivity contribution in [3.05, 3.63) is 5.69 Å². The Morgan fingerprint density at radius 3 is 2.69 bits per heavy atom. The molecule has 1 heterocycles. The first kappa shape index (κ1) is 9.37. The summed E-state index contributed by atoms with van der Waals surface area (Å²) in [5.74, 6) is 0.189. The fourth-order valence-electron chi connectivity index (χ4n) is 1.06. The van der Waals surface area contributed by atoms with E-state index in [4.69, 9.17) is 11.5 Å². The zero-order valence-electron chi connectivity index (χ0n) is 7.66. The number of primary amides is 1. The Balaban J connectivity index is 2.81. The molecule has 0 aliphatic heterocycles. The van der Waals surface area contributed by atoms with Gasteiger partial charge in [0.05, 0.1) is 17.9 Å². The maximum atomic E-state index is 10.5. The Morgan fingerprint density at radius 1 is 1.69 bits per heavy atom. The van der Waals surface area contributed by atoms with E-state index in [0.29, 0.717) is 11.5 Å². The SMILES string of the molecule is Cc1nn(C)c(NCC(N)=O)c1N. The van der Waals surface area contributed by atoms with Crippen LogP contribution >= 0.6 is 0 Å². The molecule has 1 rings (SSSR count). The first-order valence-corrected chi connectivity index (χ1v) is 3.83. The molecule has 0 aliphatic carbocycles. The highest BCUT2D eigenvalue weighted by Gasteiger charge is 2.09. The topological polar surface area (TPSA) is 99.0 Å². The van der Waals surface area contributed by atoms with Gasteiger partial charge in [-0.3, -0.25) is 9.48 Å². The number of nitrogens with one attached hydrogen (secondary N) is 1. The van der Waals surface area contributed by atoms with Gasteiger partial charge in [0, 0.05) is 7.05 Å². The molecule has 0 fully saturated rings. The van der Waals surface area contributed by atoms with E-state index in [1.165, 1.54) is 0 Å². The summed E-state index contributed by atoms with van der Waals surface area (Å²) in [6.45, 7) is 1.86. The van der Waals surface area contributed by atoms with Crippen molar-refractivity contribution >= 4 is 17.4 Å². The molecule has 0 radical (unpaired) electrons. The zero-order chi connectivity index (χ0) is 10.0. The van der Waals surface area contributed by atoms with Crippen molar-refractivity contribution in [2.24, 2.45) is 12.8 Å². The zero-order valence-corrected chi connectivity index (χ0v) is 7.66. The van der Waals surface area contributed by atoms with Crippen LogP contribution in [0.25, 0.3) is 0 Å². The quantitative estimate of drug-likeness (QED) is 0.571. The van der Waals surface area contributed by atoms with Crippen molar-refractivity contribution in [2.75, 3.05) is 17.6 Å². The molecule has 5 N–H and O–H groups in total. The number of carbonyl (C=O) groups excluding carboxylic acids is 1. The number of anilines is 2. The summed E-state index contributed by atoms with van der Waals surface area (Å²) in [5, 5.41) is 6.87. The number of nitrogens with two attached hydrogens (primary N) is 2. The van der Waals surface area contributed by atoms with Crippen molar-refractivity contribution in [3.63, 3.8) is 0 Å². The average Bonchev–Trinajstić information content (AvgIpc) is 2.24. The summed E-state index contributed by atoms with van der Waals surface area (Å²) in [7, 11) is 1.74. The fraction of sp³-hybridized carbons (Fsp3) is 0.429. The van der Waals surface area contributed by atoms with Crippen LogP contribution < -0.4 is 16.8 Å². The van der Waals surface area contributed by atoms with E-state index in [9.17, 15) is 4.79 Å². The fourth-order valence-corrected chi connectivity index (χ4v) is 1.06. The molecule has 72 valence electrons. The number of hydrogen-bond donors (Lipinski definition) is 3. The smallest absolute Gasteiger partial charge is 0.236 e. The molecule has 13 heavy (non-hydrogen) atoms. The van der Waals surface area contributed by atoms with Crippen molar-refractivity contribution in [3.8, 4) is 0 Å². The third-order valence-corrected chi connectivity index (χ3v) is 1.70. The minimum Gasteiger partial charge on any atom is -0.394 e. The van der Waals surface area contributed by atoms with Crippen LogP contribution in [0.1, 0.15) is 5.69 Å². The van der Waals surface area contributed by atoms with Crippen LogP contribution in [-0.4, -0.2) is 22.2 Å². The maximum absolute atomic E-state index is 10.5. The lowest BCUT2D eigenvalue weighted by Crippen LogP contribution is -2.23. The Kier molecular flexibility index (Phi) is 2.41. The lowest BCUT2D eigenvalue weighted by atomic mass is 10.4. The van der Waals surface area contributed by atoms with Crippen LogP contribution in [0.3, 0.4) is 0 Å². The highest BCUT2D eigenvalue weighted by atomic mass is 16.1. The van der Waals surface area contributed by atoms with E-state index in [-0.39, 0.29) is 6.54 Å². The Labute approximate surface area is 75.9 Å². The minimum absolute atomic E-state index is 0.0587. The van der Waals surface area contributed by atoms with E-state index in [2.05, 4.69) is 10.4 Å². The van der Waals surface area contributed by atoms with Gasteiger partial charge < -0.3 is 16.8 Å². The number of nitrogens with zero attached hydrogens (tertiary/aromatic N) is 2. The Morgan fingerprint density at radius 2 is 2.31 bits per heavy atom. The van der Waals surface area contributed by atoms with Crippen molar-refractivity contribution in [1.82, 2.24) is 9.78 Å². The Bertz CT molecular complexity index is 330. The van der Waals surface area contributed by atoms with E-state index in [0.717, 1.165) is 5.69 Å². The molecule has 0 saturated carbocycles. The maximum Gasteiger partial charge on any atom is 0.236 e. The van der Waals surface area contributed by atoms with Gasteiger partial charge in [0.15, 0.2) is 0 Å². The monoisotopic (exact) mass is 183 g/mol. The van der Waals surface area contributed by atoms with Gasteiger partial charge in [-0.1, -0.05) is 0 Å². The molecule has 6 nitrogen and oxygen atoms in total. The Hall–Kier alpha value is -1.72. The van der Waals surface area contributed by atoms with Crippen LogP contribution in [0, 0.1) is 6.92 Å². The van der Waals surface area contributed by atoms with Gasteiger partial charge >= 0.3 is 0 Å². The number of aromatic nitrogens is 2. The number of amides is 1. The molecule has 1 amide bonds. The molecule has 1 aromatic heterocycles. The molecule has 0 saturated heterocycles. The number of nitrogen functional groups attached to an aromatic ring is 1. The molecule has 0 aromatic carbocycles. The van der Waals surface area contributed by atoms with Gasteiger partial charge in [0.1, 0.15) is 5.82 Å². The summed E-state index contributed by atoms with van der Waals surface area (Å²) < 4.78 is 1.58. The first-order chi connectivity index (χ1) is 6.02. The van der Waals surface area contributed by atoms with Crippen LogP contribution in [-0.2, 0) is 11.8 Å². The highest BCUT2D eigenvalue weighted by molar-refractivity contribution is 5.80. The van der Waals surface area contributed by atoms with Gasteiger partial charge in [0.2, 0.25) is 5.91 Å². The lowest BCUT2D eigenvalue weighted by molar-refractivity contribution is -0.116. The molecule has 0 spiro atoms. The van der Waals surface area contributed by atoms with Crippen molar-refractivity contribution in [1.29, 1.82) is 0 Å². The van der Waals surface area contributed by atoms with Gasteiger partial charge in [-0.15, -0.1) is 0 Å². The molecular weight excluding hydrogens is 170 g/mol. The van der Waals surface area contributed by atoms with E-state index in [1.807, 2.05) is 0 Å². The van der Waals surface area contributed by atoms with Crippen LogP contribution in [0.5, 0.6) is 0 Å². The third-order valence-electron chi connectivity index (χ3n) is 1.70. The normalized spacial score (nSPS) is 10.0. The van der Waals surface area contributed by atoms with Crippen LogP contribution in [0.2, 0.25) is 0 Å². The van der Waals surface area contributed by atoms with Gasteiger partial charge in [-0.05, 0) is 6.92 Å². The van der Waals surface area contributed by atoms with E-state index < -0.39 is 5.91 Å². The lowest BCUT2D eigenvalue weighted by Gasteiger charge is -2.04. The van der Waals surface area contributed by atoms with Crippen molar-refractivity contribution < 1.29 is 4.79 Å². The number of rotatable bonds is 3. The molecule has 0 bridgehead atoms. The highest BCUT2D eigenvalue weighted by Crippen LogP contribution is 2.20. The number of hydrogen-bond acceptors (Lipinski definition) is 4.